The van der Waals surface area contributed by atoms with Crippen molar-refractivity contribution in [2.24, 2.45) is 0 Å². The molecule has 0 aliphatic rings. The van der Waals surface area contributed by atoms with Crippen molar-refractivity contribution in [1.82, 2.24) is 15.3 Å². The molecule has 0 atom stereocenters. The van der Waals surface area contributed by atoms with Crippen LogP contribution in [0.1, 0.15) is 18.5 Å². The van der Waals surface area contributed by atoms with E-state index in [1.807, 2.05) is 17.5 Å². The molecule has 0 bridgehead atoms. The highest BCUT2D eigenvalue weighted by atomic mass is 32.1. The third-order valence-corrected chi connectivity index (χ3v) is 3.85. The van der Waals surface area contributed by atoms with Gasteiger partial charge in [-0.2, -0.15) is 0 Å². The van der Waals surface area contributed by atoms with Crippen LogP contribution < -0.4 is 5.32 Å². The standard InChI is InChI=1S/C15H17N3O3S/c1-21-14(20)5-3-7-17-13(19)8-12-10-22-15(18-12)11-4-2-6-16-9-11/h2,4,6,9-10H,3,5,7-8H2,1H3,(H,17,19). The minimum atomic E-state index is -0.269. The molecule has 6 nitrogen and oxygen atoms in total. The van der Waals surface area contributed by atoms with Crippen LogP contribution in [0.2, 0.25) is 0 Å². The number of aromatic nitrogens is 2. The Labute approximate surface area is 132 Å². The van der Waals surface area contributed by atoms with Gasteiger partial charge in [-0.1, -0.05) is 0 Å². The largest absolute Gasteiger partial charge is 0.469 e. The third-order valence-electron chi connectivity index (χ3n) is 2.91. The normalized spacial score (nSPS) is 10.2. The van der Waals surface area contributed by atoms with Crippen molar-refractivity contribution in [2.75, 3.05) is 13.7 Å². The van der Waals surface area contributed by atoms with Crippen molar-refractivity contribution in [1.29, 1.82) is 0 Å². The molecule has 0 unspecified atom stereocenters. The smallest absolute Gasteiger partial charge is 0.305 e. The number of nitrogens with one attached hydrogen (secondary N) is 1. The van der Waals surface area contributed by atoms with E-state index in [0.717, 1.165) is 16.3 Å². The molecule has 0 fully saturated rings. The van der Waals surface area contributed by atoms with Gasteiger partial charge in [0.15, 0.2) is 0 Å². The SMILES string of the molecule is COC(=O)CCCNC(=O)Cc1csc(-c2cccnc2)n1. The maximum absolute atomic E-state index is 11.8. The van der Waals surface area contributed by atoms with Crippen LogP contribution in [0.25, 0.3) is 10.6 Å². The summed E-state index contributed by atoms with van der Waals surface area (Å²) >= 11 is 1.49. The third kappa shape index (κ3) is 4.92. The van der Waals surface area contributed by atoms with Gasteiger partial charge in [0.1, 0.15) is 5.01 Å². The Hall–Kier alpha value is -2.28. The van der Waals surface area contributed by atoms with Gasteiger partial charge >= 0.3 is 5.97 Å². The van der Waals surface area contributed by atoms with Crippen molar-refractivity contribution < 1.29 is 14.3 Å². The van der Waals surface area contributed by atoms with Crippen LogP contribution in [0, 0.1) is 0 Å². The van der Waals surface area contributed by atoms with E-state index in [0.29, 0.717) is 19.4 Å². The zero-order valence-electron chi connectivity index (χ0n) is 12.2. The average molecular weight is 319 g/mol. The zero-order valence-corrected chi connectivity index (χ0v) is 13.1. The molecular weight excluding hydrogens is 302 g/mol. The Morgan fingerprint density at radius 1 is 1.41 bits per heavy atom. The molecule has 2 aromatic rings. The number of ether oxygens (including phenoxy) is 1. The minimum Gasteiger partial charge on any atom is -0.469 e. The molecule has 0 aliphatic carbocycles. The van der Waals surface area contributed by atoms with Crippen LogP contribution in [-0.2, 0) is 20.7 Å². The summed E-state index contributed by atoms with van der Waals surface area (Å²) in [5.41, 5.74) is 1.67. The predicted molar refractivity (Wildman–Crippen MR) is 83.3 cm³/mol. The number of hydrogen-bond acceptors (Lipinski definition) is 6. The maximum atomic E-state index is 11.8. The van der Waals surface area contributed by atoms with Gasteiger partial charge in [-0.15, -0.1) is 11.3 Å². The van der Waals surface area contributed by atoms with Gasteiger partial charge in [-0.25, -0.2) is 4.98 Å². The van der Waals surface area contributed by atoms with Crippen molar-refractivity contribution in [2.45, 2.75) is 19.3 Å². The predicted octanol–water partition coefficient (Wildman–Crippen LogP) is 1.82. The molecule has 0 spiro atoms. The highest BCUT2D eigenvalue weighted by Crippen LogP contribution is 2.22. The summed E-state index contributed by atoms with van der Waals surface area (Å²) in [5.74, 6) is -0.372. The topological polar surface area (TPSA) is 81.2 Å². The van der Waals surface area contributed by atoms with Crippen molar-refractivity contribution >= 4 is 23.2 Å². The summed E-state index contributed by atoms with van der Waals surface area (Å²) in [6.45, 7) is 0.452. The molecule has 0 aliphatic heterocycles. The van der Waals surface area contributed by atoms with Gasteiger partial charge < -0.3 is 10.1 Å². The van der Waals surface area contributed by atoms with Crippen LogP contribution in [0.4, 0.5) is 0 Å². The van der Waals surface area contributed by atoms with E-state index in [9.17, 15) is 9.59 Å². The quantitative estimate of drug-likeness (QED) is 0.622. The first-order chi connectivity index (χ1) is 10.7. The first-order valence-electron chi connectivity index (χ1n) is 6.87. The maximum Gasteiger partial charge on any atom is 0.305 e. The van der Waals surface area contributed by atoms with Crippen LogP contribution in [0.3, 0.4) is 0 Å². The summed E-state index contributed by atoms with van der Waals surface area (Å²) in [5, 5.41) is 5.49. The molecule has 1 N–H and O–H groups in total. The fourth-order valence-electron chi connectivity index (χ4n) is 1.80. The minimum absolute atomic E-state index is 0.104. The Morgan fingerprint density at radius 2 is 2.27 bits per heavy atom. The molecule has 0 saturated carbocycles. The molecule has 2 heterocycles. The van der Waals surface area contributed by atoms with Crippen LogP contribution in [0.5, 0.6) is 0 Å². The molecule has 2 rings (SSSR count). The monoisotopic (exact) mass is 319 g/mol. The van der Waals surface area contributed by atoms with E-state index in [2.05, 4.69) is 20.0 Å². The van der Waals surface area contributed by atoms with E-state index >= 15 is 0 Å². The molecule has 7 heteroatoms. The number of esters is 1. The number of thiazole rings is 1. The van der Waals surface area contributed by atoms with Gasteiger partial charge in [0.25, 0.3) is 0 Å². The molecule has 2 aromatic heterocycles. The van der Waals surface area contributed by atoms with E-state index in [1.165, 1.54) is 18.4 Å². The molecular formula is C15H17N3O3S. The summed E-state index contributed by atoms with van der Waals surface area (Å²) in [7, 11) is 1.35. The van der Waals surface area contributed by atoms with Gasteiger partial charge in [-0.3, -0.25) is 14.6 Å². The number of carbonyl (C=O) groups is 2. The second-order valence-electron chi connectivity index (χ2n) is 4.59. The summed E-state index contributed by atoms with van der Waals surface area (Å²) in [6.07, 6.45) is 4.55. The molecule has 1 amide bonds. The van der Waals surface area contributed by atoms with Crippen LogP contribution in [-0.4, -0.2) is 35.5 Å². The molecule has 0 aromatic carbocycles. The lowest BCUT2D eigenvalue weighted by molar-refractivity contribution is -0.140. The molecule has 116 valence electrons. The number of pyridine rings is 1. The Kier molecular flexibility index (Phi) is 6.02. The Bertz CT molecular complexity index is 628. The summed E-state index contributed by atoms with van der Waals surface area (Å²) < 4.78 is 4.53. The van der Waals surface area contributed by atoms with Crippen molar-refractivity contribution in [3.05, 3.63) is 35.6 Å². The lowest BCUT2D eigenvalue weighted by Gasteiger charge is -2.03. The summed E-state index contributed by atoms with van der Waals surface area (Å²) in [6, 6.07) is 3.78. The first kappa shape index (κ1) is 16.1. The van der Waals surface area contributed by atoms with E-state index < -0.39 is 0 Å². The number of carbonyl (C=O) groups excluding carboxylic acids is 2. The van der Waals surface area contributed by atoms with Crippen LogP contribution in [0.15, 0.2) is 29.9 Å². The van der Waals surface area contributed by atoms with Gasteiger partial charge in [0, 0.05) is 36.3 Å². The number of methoxy groups -OCH3 is 1. The van der Waals surface area contributed by atoms with E-state index in [-0.39, 0.29) is 18.3 Å². The van der Waals surface area contributed by atoms with Crippen molar-refractivity contribution in [3.8, 4) is 10.6 Å². The van der Waals surface area contributed by atoms with Gasteiger partial charge in [-0.05, 0) is 18.6 Å². The van der Waals surface area contributed by atoms with Gasteiger partial charge in [0.2, 0.25) is 5.91 Å². The fraction of sp³-hybridized carbons (Fsp3) is 0.333. The lowest BCUT2D eigenvalue weighted by atomic mass is 10.2. The fourth-order valence-corrected chi connectivity index (χ4v) is 2.61. The Morgan fingerprint density at radius 3 is 3.00 bits per heavy atom. The molecule has 0 saturated heterocycles. The average Bonchev–Trinajstić information content (AvgIpc) is 3.00. The van der Waals surface area contributed by atoms with E-state index in [4.69, 9.17) is 0 Å². The highest BCUT2D eigenvalue weighted by Gasteiger charge is 2.09. The second-order valence-corrected chi connectivity index (χ2v) is 5.45. The van der Waals surface area contributed by atoms with E-state index in [1.54, 1.807) is 12.4 Å². The highest BCUT2D eigenvalue weighted by molar-refractivity contribution is 7.13. The number of amides is 1. The molecule has 0 radical (unpaired) electrons. The molecule has 22 heavy (non-hydrogen) atoms. The second kappa shape index (κ2) is 8.23. The Balaban J connectivity index is 1.78. The zero-order chi connectivity index (χ0) is 15.8. The lowest BCUT2D eigenvalue weighted by Crippen LogP contribution is -2.26. The first-order valence-corrected chi connectivity index (χ1v) is 7.75. The van der Waals surface area contributed by atoms with Crippen molar-refractivity contribution in [3.63, 3.8) is 0 Å². The summed E-state index contributed by atoms with van der Waals surface area (Å²) in [4.78, 5) is 31.2. The van der Waals surface area contributed by atoms with Crippen LogP contribution >= 0.6 is 11.3 Å². The van der Waals surface area contributed by atoms with Gasteiger partial charge in [0.05, 0.1) is 19.2 Å². The number of rotatable bonds is 7. The number of nitrogens with zero attached hydrogens (tertiary/aromatic N) is 2. The number of hydrogen-bond donors (Lipinski definition) is 1.